The lowest BCUT2D eigenvalue weighted by Gasteiger charge is -2.11. The van der Waals surface area contributed by atoms with Gasteiger partial charge in [0.05, 0.1) is 6.21 Å². The zero-order chi connectivity index (χ0) is 32.2. The van der Waals surface area contributed by atoms with Crippen LogP contribution < -0.4 is 15.5 Å². The molecule has 0 aliphatic rings. The van der Waals surface area contributed by atoms with Gasteiger partial charge in [0.2, 0.25) is 5.91 Å². The largest absolute Gasteiger partial charge is 0.486 e. The van der Waals surface area contributed by atoms with Crippen molar-refractivity contribution in [2.24, 2.45) is 5.10 Å². The molecule has 3 aromatic heterocycles. The Labute approximate surface area is 267 Å². The second kappa shape index (κ2) is 13.0. The number of rotatable bonds is 10. The molecule has 3 aromatic carbocycles. The molecule has 0 spiro atoms. The fourth-order valence-corrected chi connectivity index (χ4v) is 5.58. The molecule has 0 radical (unpaired) electrons. The number of anilines is 1. The van der Waals surface area contributed by atoms with Crippen LogP contribution in [0.5, 0.6) is 5.75 Å². The lowest BCUT2D eigenvalue weighted by atomic mass is 10.1. The van der Waals surface area contributed by atoms with Gasteiger partial charge in [-0.15, -0.1) is 0 Å². The highest BCUT2D eigenvalue weighted by molar-refractivity contribution is 6.03. The summed E-state index contributed by atoms with van der Waals surface area (Å²) in [6.07, 6.45) is 1.60. The summed E-state index contributed by atoms with van der Waals surface area (Å²) in [5.74, 6) is 0.713. The van der Waals surface area contributed by atoms with Gasteiger partial charge >= 0.3 is 5.91 Å². The Kier molecular flexibility index (Phi) is 8.56. The number of nitrogens with zero attached hydrogens (tertiary/aromatic N) is 3. The maximum atomic E-state index is 13.0. The second-order valence-electron chi connectivity index (χ2n) is 11.2. The van der Waals surface area contributed by atoms with Crippen molar-refractivity contribution < 1.29 is 18.7 Å². The summed E-state index contributed by atoms with van der Waals surface area (Å²) in [7, 11) is 0. The van der Waals surface area contributed by atoms with Crippen LogP contribution in [-0.4, -0.2) is 27.2 Å². The molecule has 2 amide bonds. The molecular formula is C37H35N5O4. The minimum Gasteiger partial charge on any atom is -0.486 e. The standard InChI is InChI=1S/C37H35N5O4/c1-24-9-5-7-11-33(24)39-36(43)22-41-27(4)32(31-10-6-8-12-34(31)41)21-38-40-37(44)35-20-19-30(46-35)23-45-29-17-15-28(16-18-29)42-25(2)13-14-26(42)3/h5-21H,22-23H2,1-4H3,(H,39,43)(H,40,44)/b38-21+. The fraction of sp³-hybridized carbons (Fsp3) is 0.162. The van der Waals surface area contributed by atoms with Gasteiger partial charge in [0.25, 0.3) is 0 Å². The Morgan fingerprint density at radius 1 is 0.848 bits per heavy atom. The summed E-state index contributed by atoms with van der Waals surface area (Å²) in [4.78, 5) is 25.8. The second-order valence-corrected chi connectivity index (χ2v) is 11.2. The number of aromatic nitrogens is 2. The Bertz CT molecular complexity index is 2040. The van der Waals surface area contributed by atoms with Crippen molar-refractivity contribution in [3.05, 3.63) is 137 Å². The number of para-hydroxylation sites is 2. The van der Waals surface area contributed by atoms with Crippen molar-refractivity contribution in [1.29, 1.82) is 0 Å². The first-order valence-electron chi connectivity index (χ1n) is 15.0. The maximum Gasteiger partial charge on any atom is 0.307 e. The van der Waals surface area contributed by atoms with E-state index < -0.39 is 5.91 Å². The van der Waals surface area contributed by atoms with E-state index in [0.717, 1.165) is 50.5 Å². The number of ether oxygens (including phenoxy) is 1. The monoisotopic (exact) mass is 613 g/mol. The van der Waals surface area contributed by atoms with Gasteiger partial charge in [-0.1, -0.05) is 36.4 Å². The van der Waals surface area contributed by atoms with Crippen LogP contribution >= 0.6 is 0 Å². The summed E-state index contributed by atoms with van der Waals surface area (Å²) in [5, 5.41) is 8.13. The van der Waals surface area contributed by atoms with Gasteiger partial charge in [-0.05, 0) is 93.9 Å². The molecular weight excluding hydrogens is 578 g/mol. The van der Waals surface area contributed by atoms with Gasteiger partial charge in [0.1, 0.15) is 24.7 Å². The third kappa shape index (κ3) is 6.34. The zero-order valence-electron chi connectivity index (χ0n) is 26.2. The quantitative estimate of drug-likeness (QED) is 0.126. The van der Waals surface area contributed by atoms with E-state index in [2.05, 4.69) is 46.4 Å². The van der Waals surface area contributed by atoms with Crippen LogP contribution in [-0.2, 0) is 17.9 Å². The molecule has 0 bridgehead atoms. The number of aryl methyl sites for hydroxylation is 3. The van der Waals surface area contributed by atoms with Crippen LogP contribution in [0, 0.1) is 27.7 Å². The lowest BCUT2D eigenvalue weighted by molar-refractivity contribution is -0.116. The number of carbonyl (C=O) groups excluding carboxylic acids is 2. The molecule has 2 N–H and O–H groups in total. The van der Waals surface area contributed by atoms with Crippen LogP contribution in [0.1, 0.15) is 44.5 Å². The molecule has 9 nitrogen and oxygen atoms in total. The van der Waals surface area contributed by atoms with Crippen molar-refractivity contribution in [3.8, 4) is 11.4 Å². The molecule has 9 heteroatoms. The predicted octanol–water partition coefficient (Wildman–Crippen LogP) is 7.24. The first-order valence-corrected chi connectivity index (χ1v) is 15.0. The smallest absolute Gasteiger partial charge is 0.307 e. The average Bonchev–Trinajstić information content (AvgIpc) is 3.74. The van der Waals surface area contributed by atoms with E-state index in [1.807, 2.05) is 91.2 Å². The number of hydrazone groups is 1. The first-order chi connectivity index (χ1) is 22.3. The molecule has 0 unspecified atom stereocenters. The minimum absolute atomic E-state index is 0.122. The molecule has 0 aliphatic carbocycles. The highest BCUT2D eigenvalue weighted by Gasteiger charge is 2.16. The van der Waals surface area contributed by atoms with E-state index in [1.54, 1.807) is 18.3 Å². The topological polar surface area (TPSA) is 103 Å². The van der Waals surface area contributed by atoms with Crippen LogP contribution in [0.3, 0.4) is 0 Å². The summed E-state index contributed by atoms with van der Waals surface area (Å²) in [6, 6.07) is 30.8. The fourth-order valence-electron chi connectivity index (χ4n) is 5.58. The van der Waals surface area contributed by atoms with Crippen molar-refractivity contribution in [2.75, 3.05) is 5.32 Å². The zero-order valence-corrected chi connectivity index (χ0v) is 26.2. The van der Waals surface area contributed by atoms with Crippen molar-refractivity contribution >= 4 is 34.6 Å². The summed E-state index contributed by atoms with van der Waals surface area (Å²) >= 11 is 0. The Hall–Kier alpha value is -5.83. The number of furan rings is 1. The van der Waals surface area contributed by atoms with Gasteiger partial charge in [0, 0.05) is 44.9 Å². The van der Waals surface area contributed by atoms with Gasteiger partial charge in [-0.2, -0.15) is 5.10 Å². The Morgan fingerprint density at radius 3 is 2.33 bits per heavy atom. The molecule has 0 atom stereocenters. The van der Waals surface area contributed by atoms with Gasteiger partial charge in [-0.3, -0.25) is 9.59 Å². The van der Waals surface area contributed by atoms with E-state index >= 15 is 0 Å². The molecule has 232 valence electrons. The van der Waals surface area contributed by atoms with Crippen molar-refractivity contribution in [3.63, 3.8) is 0 Å². The first kappa shape index (κ1) is 30.2. The van der Waals surface area contributed by atoms with Crippen molar-refractivity contribution in [2.45, 2.75) is 40.8 Å². The van der Waals surface area contributed by atoms with E-state index in [-0.39, 0.29) is 24.8 Å². The number of carbonyl (C=O) groups is 2. The van der Waals surface area contributed by atoms with E-state index in [0.29, 0.717) is 11.5 Å². The van der Waals surface area contributed by atoms with Gasteiger partial charge in [-0.25, -0.2) is 5.43 Å². The number of amides is 2. The van der Waals surface area contributed by atoms with Gasteiger partial charge < -0.3 is 23.6 Å². The molecule has 6 aromatic rings. The summed E-state index contributed by atoms with van der Waals surface area (Å²) < 4.78 is 15.7. The maximum absolute atomic E-state index is 13.0. The molecule has 0 saturated carbocycles. The molecule has 3 heterocycles. The third-order valence-corrected chi connectivity index (χ3v) is 7.99. The highest BCUT2D eigenvalue weighted by Crippen LogP contribution is 2.25. The van der Waals surface area contributed by atoms with Crippen LogP contribution in [0.25, 0.3) is 16.6 Å². The number of hydrogen-bond donors (Lipinski definition) is 2. The Balaban J connectivity index is 1.08. The SMILES string of the molecule is Cc1ccccc1NC(=O)Cn1c(C)c(/C=N/NC(=O)c2ccc(COc3ccc(-n4c(C)ccc4C)cc3)o2)c2ccccc21. The van der Waals surface area contributed by atoms with Crippen LogP contribution in [0.15, 0.2) is 107 Å². The lowest BCUT2D eigenvalue weighted by Crippen LogP contribution is -2.20. The molecule has 0 aliphatic heterocycles. The minimum atomic E-state index is -0.483. The normalized spacial score (nSPS) is 11.3. The number of benzene rings is 3. The van der Waals surface area contributed by atoms with Crippen molar-refractivity contribution in [1.82, 2.24) is 14.6 Å². The van der Waals surface area contributed by atoms with E-state index in [9.17, 15) is 9.59 Å². The molecule has 0 fully saturated rings. The number of nitrogens with one attached hydrogen (secondary N) is 2. The molecule has 46 heavy (non-hydrogen) atoms. The van der Waals surface area contributed by atoms with Gasteiger partial charge in [0.15, 0.2) is 5.76 Å². The molecule has 0 saturated heterocycles. The van der Waals surface area contributed by atoms with Crippen LogP contribution in [0.2, 0.25) is 0 Å². The predicted molar refractivity (Wildman–Crippen MR) is 180 cm³/mol. The Morgan fingerprint density at radius 2 is 1.57 bits per heavy atom. The number of hydrogen-bond acceptors (Lipinski definition) is 5. The molecule has 6 rings (SSSR count). The average molecular weight is 614 g/mol. The van der Waals surface area contributed by atoms with Crippen LogP contribution in [0.4, 0.5) is 5.69 Å². The van der Waals surface area contributed by atoms with E-state index in [4.69, 9.17) is 9.15 Å². The number of fused-ring (bicyclic) bond motifs is 1. The van der Waals surface area contributed by atoms with E-state index in [1.165, 1.54) is 0 Å². The highest BCUT2D eigenvalue weighted by atomic mass is 16.5. The summed E-state index contributed by atoms with van der Waals surface area (Å²) in [6.45, 7) is 8.34. The third-order valence-electron chi connectivity index (χ3n) is 7.99. The summed E-state index contributed by atoms with van der Waals surface area (Å²) in [5.41, 5.74) is 10.3.